The van der Waals surface area contributed by atoms with Crippen LogP contribution in [0, 0.1) is 0 Å². The van der Waals surface area contributed by atoms with Gasteiger partial charge in [-0.1, -0.05) is 30.3 Å². The van der Waals surface area contributed by atoms with E-state index in [1.165, 1.54) is 7.05 Å². The lowest BCUT2D eigenvalue weighted by Crippen LogP contribution is -2.35. The van der Waals surface area contributed by atoms with Crippen molar-refractivity contribution >= 4 is 11.8 Å². The highest BCUT2D eigenvalue weighted by Crippen LogP contribution is 2.26. The van der Waals surface area contributed by atoms with Crippen LogP contribution in [0.3, 0.4) is 0 Å². The summed E-state index contributed by atoms with van der Waals surface area (Å²) in [5.74, 6) is -0.287. The fourth-order valence-electron chi connectivity index (χ4n) is 2.84. The Bertz CT molecular complexity index is 766. The second-order valence-electron chi connectivity index (χ2n) is 6.21. The summed E-state index contributed by atoms with van der Waals surface area (Å²) in [5, 5.41) is 5.45. The molecule has 0 saturated carbocycles. The first kappa shape index (κ1) is 18.0. The van der Waals surface area contributed by atoms with Gasteiger partial charge in [-0.3, -0.25) is 9.59 Å². The van der Waals surface area contributed by atoms with E-state index in [0.29, 0.717) is 19.0 Å². The molecule has 7 nitrogen and oxygen atoms in total. The van der Waals surface area contributed by atoms with Gasteiger partial charge in [0.15, 0.2) is 5.75 Å². The van der Waals surface area contributed by atoms with Crippen LogP contribution >= 0.6 is 0 Å². The van der Waals surface area contributed by atoms with Crippen molar-refractivity contribution in [2.75, 3.05) is 20.3 Å². The molecule has 0 unspecified atom stereocenters. The molecule has 26 heavy (non-hydrogen) atoms. The molecule has 2 amide bonds. The van der Waals surface area contributed by atoms with E-state index in [-0.39, 0.29) is 35.3 Å². The minimum Gasteiger partial charge on any atom is -0.484 e. The average Bonchev–Trinajstić information content (AvgIpc) is 3.31. The maximum Gasteiger partial charge on any atom is 0.271 e. The molecular weight excluding hydrogens is 334 g/mol. The van der Waals surface area contributed by atoms with Crippen molar-refractivity contribution in [1.29, 1.82) is 0 Å². The standard InChI is InChI=1S/C19H23N3O4/c1-12(13-6-4-3-5-7-13)26-16-10-15(22-17(16)19(24)20-2)18(23)21-14-8-9-25-11-14/h3-7,10,12,14,22H,8-9,11H2,1-2H3,(H,20,24)(H,21,23)/t12-,14+/m0/s1. The van der Waals surface area contributed by atoms with Gasteiger partial charge in [-0.2, -0.15) is 0 Å². The van der Waals surface area contributed by atoms with Crippen LogP contribution in [-0.4, -0.2) is 43.1 Å². The number of hydrogen-bond acceptors (Lipinski definition) is 4. The van der Waals surface area contributed by atoms with Gasteiger partial charge in [-0.25, -0.2) is 0 Å². The molecule has 138 valence electrons. The maximum atomic E-state index is 12.4. The topological polar surface area (TPSA) is 92.5 Å². The third-order valence-corrected chi connectivity index (χ3v) is 4.32. The van der Waals surface area contributed by atoms with E-state index in [9.17, 15) is 9.59 Å². The Labute approximate surface area is 152 Å². The maximum absolute atomic E-state index is 12.4. The van der Waals surface area contributed by atoms with Crippen LogP contribution in [0.25, 0.3) is 0 Å². The minimum atomic E-state index is -0.344. The number of hydrogen-bond donors (Lipinski definition) is 3. The van der Waals surface area contributed by atoms with Crippen molar-refractivity contribution in [3.05, 3.63) is 53.3 Å². The number of aromatic nitrogens is 1. The highest BCUT2D eigenvalue weighted by Gasteiger charge is 2.24. The second kappa shape index (κ2) is 8.05. The highest BCUT2D eigenvalue weighted by atomic mass is 16.5. The number of nitrogens with one attached hydrogen (secondary N) is 3. The quantitative estimate of drug-likeness (QED) is 0.738. The van der Waals surface area contributed by atoms with Crippen molar-refractivity contribution < 1.29 is 19.1 Å². The van der Waals surface area contributed by atoms with Gasteiger partial charge < -0.3 is 25.1 Å². The molecule has 3 rings (SSSR count). The number of benzene rings is 1. The highest BCUT2D eigenvalue weighted by molar-refractivity contribution is 5.99. The van der Waals surface area contributed by atoms with E-state index >= 15 is 0 Å². The van der Waals surface area contributed by atoms with Crippen molar-refractivity contribution in [3.8, 4) is 5.75 Å². The summed E-state index contributed by atoms with van der Waals surface area (Å²) in [6.07, 6.45) is 0.512. The summed E-state index contributed by atoms with van der Waals surface area (Å²) in [5.41, 5.74) is 1.49. The van der Waals surface area contributed by atoms with Crippen LogP contribution in [-0.2, 0) is 4.74 Å². The lowest BCUT2D eigenvalue weighted by atomic mass is 10.1. The number of H-pyrrole nitrogens is 1. The average molecular weight is 357 g/mol. The van der Waals surface area contributed by atoms with Crippen molar-refractivity contribution in [2.45, 2.75) is 25.5 Å². The van der Waals surface area contributed by atoms with Crippen molar-refractivity contribution in [1.82, 2.24) is 15.6 Å². The Morgan fingerprint density at radius 1 is 1.27 bits per heavy atom. The van der Waals surface area contributed by atoms with E-state index in [1.807, 2.05) is 37.3 Å². The largest absolute Gasteiger partial charge is 0.484 e. The molecule has 2 aromatic rings. The summed E-state index contributed by atoms with van der Waals surface area (Å²) >= 11 is 0. The summed E-state index contributed by atoms with van der Waals surface area (Å²) < 4.78 is 11.2. The Kier molecular flexibility index (Phi) is 5.58. The Balaban J connectivity index is 1.80. The second-order valence-corrected chi connectivity index (χ2v) is 6.21. The van der Waals surface area contributed by atoms with E-state index in [4.69, 9.17) is 9.47 Å². The molecule has 2 heterocycles. The number of rotatable bonds is 6. The van der Waals surface area contributed by atoms with Gasteiger partial charge in [0, 0.05) is 19.7 Å². The molecule has 1 aromatic carbocycles. The molecule has 0 aliphatic carbocycles. The third-order valence-electron chi connectivity index (χ3n) is 4.32. The lowest BCUT2D eigenvalue weighted by Gasteiger charge is -2.14. The fourth-order valence-corrected chi connectivity index (χ4v) is 2.84. The van der Waals surface area contributed by atoms with Crippen LogP contribution in [0.1, 0.15) is 46.0 Å². The van der Waals surface area contributed by atoms with Gasteiger partial charge in [0.25, 0.3) is 11.8 Å². The summed E-state index contributed by atoms with van der Waals surface area (Å²) in [4.78, 5) is 27.5. The molecule has 0 bridgehead atoms. The van der Waals surface area contributed by atoms with Crippen LogP contribution in [0.4, 0.5) is 0 Å². The van der Waals surface area contributed by atoms with Gasteiger partial charge in [0.1, 0.15) is 17.5 Å². The van der Waals surface area contributed by atoms with Gasteiger partial charge >= 0.3 is 0 Å². The van der Waals surface area contributed by atoms with Crippen LogP contribution < -0.4 is 15.4 Å². The number of ether oxygens (including phenoxy) is 2. The summed E-state index contributed by atoms with van der Waals surface area (Å²) in [7, 11) is 1.53. The van der Waals surface area contributed by atoms with Crippen LogP contribution in [0.15, 0.2) is 36.4 Å². The first-order valence-corrected chi connectivity index (χ1v) is 8.63. The molecule has 1 fully saturated rings. The normalized spacial score (nSPS) is 17.5. The first-order valence-electron chi connectivity index (χ1n) is 8.63. The Morgan fingerprint density at radius 3 is 2.69 bits per heavy atom. The molecule has 1 saturated heterocycles. The third kappa shape index (κ3) is 4.05. The molecule has 0 spiro atoms. The molecule has 3 N–H and O–H groups in total. The van der Waals surface area contributed by atoms with E-state index in [1.54, 1.807) is 6.07 Å². The Morgan fingerprint density at radius 2 is 2.04 bits per heavy atom. The van der Waals surface area contributed by atoms with Crippen molar-refractivity contribution in [3.63, 3.8) is 0 Å². The number of carbonyl (C=O) groups excluding carboxylic acids is 2. The molecule has 1 aromatic heterocycles. The summed E-state index contributed by atoms with van der Waals surface area (Å²) in [6.45, 7) is 3.04. The predicted molar refractivity (Wildman–Crippen MR) is 96.4 cm³/mol. The van der Waals surface area contributed by atoms with Crippen LogP contribution in [0.5, 0.6) is 5.75 Å². The molecule has 0 radical (unpaired) electrons. The SMILES string of the molecule is CNC(=O)c1[nH]c(C(=O)N[C@@H]2CCOC2)cc1O[C@@H](C)c1ccccc1. The minimum absolute atomic E-state index is 0.0122. The van der Waals surface area contributed by atoms with Gasteiger partial charge in [0.2, 0.25) is 0 Å². The zero-order valence-corrected chi connectivity index (χ0v) is 14.9. The van der Waals surface area contributed by atoms with E-state index in [2.05, 4.69) is 15.6 Å². The lowest BCUT2D eigenvalue weighted by molar-refractivity contribution is 0.0925. The zero-order valence-electron chi connectivity index (χ0n) is 14.9. The number of aromatic amines is 1. The Hall–Kier alpha value is -2.80. The molecule has 7 heteroatoms. The van der Waals surface area contributed by atoms with Gasteiger partial charge in [0.05, 0.1) is 12.6 Å². The molecule has 1 aliphatic rings. The number of amides is 2. The fraction of sp³-hybridized carbons (Fsp3) is 0.368. The van der Waals surface area contributed by atoms with E-state index < -0.39 is 0 Å². The van der Waals surface area contributed by atoms with Crippen molar-refractivity contribution in [2.24, 2.45) is 0 Å². The van der Waals surface area contributed by atoms with Crippen LogP contribution in [0.2, 0.25) is 0 Å². The smallest absolute Gasteiger partial charge is 0.271 e. The van der Waals surface area contributed by atoms with Gasteiger partial charge in [-0.05, 0) is 18.9 Å². The number of carbonyl (C=O) groups is 2. The first-order chi connectivity index (χ1) is 12.6. The molecule has 1 aliphatic heterocycles. The molecule has 2 atom stereocenters. The predicted octanol–water partition coefficient (Wildman–Crippen LogP) is 2.03. The zero-order chi connectivity index (χ0) is 18.5. The van der Waals surface area contributed by atoms with Gasteiger partial charge in [-0.15, -0.1) is 0 Å². The van der Waals surface area contributed by atoms with E-state index in [0.717, 1.165) is 12.0 Å². The monoisotopic (exact) mass is 357 g/mol. The molecular formula is C19H23N3O4. The summed E-state index contributed by atoms with van der Waals surface area (Å²) in [6, 6.07) is 11.2.